The Balaban J connectivity index is 1.44. The van der Waals surface area contributed by atoms with Crippen molar-refractivity contribution in [3.63, 3.8) is 0 Å². The third-order valence-corrected chi connectivity index (χ3v) is 7.97. The van der Waals surface area contributed by atoms with Crippen LogP contribution in [0.1, 0.15) is 67.1 Å². The Labute approximate surface area is 220 Å². The molecule has 2 N–H and O–H groups in total. The van der Waals surface area contributed by atoms with Crippen molar-refractivity contribution < 1.29 is 13.9 Å². The number of aromatic amines is 1. The number of carbonyl (C=O) groups is 1. The molecule has 37 heavy (non-hydrogen) atoms. The maximum Gasteiger partial charge on any atom is 0.407 e. The summed E-state index contributed by atoms with van der Waals surface area (Å²) in [6.07, 6.45) is 3.56. The van der Waals surface area contributed by atoms with E-state index >= 15 is 0 Å². The number of carbonyl (C=O) groups excluding carboxylic acids is 1. The highest BCUT2D eigenvalue weighted by Gasteiger charge is 2.47. The molecule has 0 saturated heterocycles. The van der Waals surface area contributed by atoms with Crippen molar-refractivity contribution in [2.45, 2.75) is 71.3 Å². The van der Waals surface area contributed by atoms with Gasteiger partial charge in [-0.15, -0.1) is 0 Å². The normalized spacial score (nSPS) is 19.4. The molecule has 6 nitrogen and oxygen atoms in total. The van der Waals surface area contributed by atoms with E-state index in [1.54, 1.807) is 13.1 Å². The number of imidazole rings is 1. The molecule has 1 aromatic heterocycles. The summed E-state index contributed by atoms with van der Waals surface area (Å²) < 4.78 is 20.2. The van der Waals surface area contributed by atoms with Crippen LogP contribution in [0.25, 0.3) is 11.0 Å². The quantitative estimate of drug-likeness (QED) is 0.369. The molecule has 2 aromatic carbocycles. The average molecular weight is 509 g/mol. The lowest BCUT2D eigenvalue weighted by Crippen LogP contribution is -2.49. The average Bonchev–Trinajstić information content (AvgIpc) is 3.30. The van der Waals surface area contributed by atoms with Crippen LogP contribution in [-0.2, 0) is 17.6 Å². The summed E-state index contributed by atoms with van der Waals surface area (Å²) in [6.45, 7) is 10.2. The lowest BCUT2D eigenvalue weighted by Gasteiger charge is -2.47. The van der Waals surface area contributed by atoms with Gasteiger partial charge in [-0.2, -0.15) is 0 Å². The van der Waals surface area contributed by atoms with E-state index in [1.165, 1.54) is 17.2 Å². The van der Waals surface area contributed by atoms with Gasteiger partial charge in [0.1, 0.15) is 17.2 Å². The molecule has 3 aromatic rings. The van der Waals surface area contributed by atoms with Gasteiger partial charge < -0.3 is 19.9 Å². The number of nitrogens with zero attached hydrogens (tertiary/aromatic N) is 2. The van der Waals surface area contributed by atoms with E-state index in [9.17, 15) is 9.18 Å². The molecule has 0 fully saturated rings. The monoisotopic (exact) mass is 508 g/mol. The van der Waals surface area contributed by atoms with Crippen molar-refractivity contribution in [3.05, 3.63) is 64.2 Å². The summed E-state index contributed by atoms with van der Waals surface area (Å²) in [5.74, 6) is 1.05. The van der Waals surface area contributed by atoms with E-state index in [1.807, 2.05) is 6.07 Å². The zero-order valence-electron chi connectivity index (χ0n) is 23.1. The van der Waals surface area contributed by atoms with E-state index in [4.69, 9.17) is 9.72 Å². The smallest absolute Gasteiger partial charge is 0.407 e. The van der Waals surface area contributed by atoms with Crippen molar-refractivity contribution in [2.24, 2.45) is 5.92 Å². The van der Waals surface area contributed by atoms with Crippen LogP contribution in [0.15, 0.2) is 30.3 Å². The number of halogens is 1. The molecular weight excluding hydrogens is 467 g/mol. The maximum absolute atomic E-state index is 14.0. The highest BCUT2D eigenvalue weighted by molar-refractivity contribution is 5.81. The molecule has 1 unspecified atom stereocenters. The molecule has 0 radical (unpaired) electrons. The van der Waals surface area contributed by atoms with Crippen molar-refractivity contribution in [1.82, 2.24) is 20.2 Å². The molecule has 2 atom stereocenters. The summed E-state index contributed by atoms with van der Waals surface area (Å²) in [5.41, 5.74) is 6.10. The second kappa shape index (κ2) is 11.2. The zero-order valence-corrected chi connectivity index (χ0v) is 23.1. The van der Waals surface area contributed by atoms with Crippen LogP contribution < -0.4 is 5.32 Å². The molecule has 0 bridgehead atoms. The topological polar surface area (TPSA) is 70.2 Å². The van der Waals surface area contributed by atoms with Gasteiger partial charge in [0.25, 0.3) is 0 Å². The number of amides is 1. The Morgan fingerprint density at radius 2 is 2.00 bits per heavy atom. The van der Waals surface area contributed by atoms with Gasteiger partial charge in [-0.05, 0) is 87.0 Å². The highest BCUT2D eigenvalue weighted by Crippen LogP contribution is 2.48. The van der Waals surface area contributed by atoms with Gasteiger partial charge in [-0.1, -0.05) is 32.0 Å². The van der Waals surface area contributed by atoms with E-state index in [0.29, 0.717) is 12.8 Å². The SMILES string of the molecule is CNC(=O)O[C@]1(CCN(C)CCCc2nc3c(C)ccc(C)c3[nH]2)CCc2cc(F)ccc2C1C(C)C. The van der Waals surface area contributed by atoms with Crippen LogP contribution in [0.5, 0.6) is 0 Å². The molecule has 1 aliphatic rings. The first-order chi connectivity index (χ1) is 17.6. The van der Waals surface area contributed by atoms with Crippen LogP contribution >= 0.6 is 0 Å². The Kier molecular flexibility index (Phi) is 8.22. The Bertz CT molecular complexity index is 1210. The molecule has 1 heterocycles. The predicted molar refractivity (Wildman–Crippen MR) is 147 cm³/mol. The largest absolute Gasteiger partial charge is 0.442 e. The summed E-state index contributed by atoms with van der Waals surface area (Å²) in [7, 11) is 3.72. The van der Waals surface area contributed by atoms with Crippen molar-refractivity contribution in [2.75, 3.05) is 27.2 Å². The van der Waals surface area contributed by atoms with Crippen LogP contribution in [-0.4, -0.2) is 53.7 Å². The fourth-order valence-electron chi connectivity index (χ4n) is 6.06. The summed E-state index contributed by atoms with van der Waals surface area (Å²) >= 11 is 0. The molecule has 0 aliphatic heterocycles. The van der Waals surface area contributed by atoms with E-state index in [0.717, 1.165) is 60.3 Å². The first-order valence-electron chi connectivity index (χ1n) is 13.5. The maximum atomic E-state index is 14.0. The van der Waals surface area contributed by atoms with Crippen molar-refractivity contribution >= 4 is 17.1 Å². The van der Waals surface area contributed by atoms with Gasteiger partial charge in [0, 0.05) is 32.4 Å². The minimum absolute atomic E-state index is 0.00424. The van der Waals surface area contributed by atoms with Crippen molar-refractivity contribution in [3.8, 4) is 0 Å². The number of H-pyrrole nitrogens is 1. The molecule has 7 heteroatoms. The second-order valence-electron chi connectivity index (χ2n) is 11.0. The first kappa shape index (κ1) is 27.1. The third-order valence-electron chi connectivity index (χ3n) is 7.97. The Morgan fingerprint density at radius 1 is 1.24 bits per heavy atom. The Morgan fingerprint density at radius 3 is 2.70 bits per heavy atom. The van der Waals surface area contributed by atoms with Gasteiger partial charge in [0.05, 0.1) is 11.0 Å². The summed E-state index contributed by atoms with van der Waals surface area (Å²) in [5, 5.41) is 2.64. The van der Waals surface area contributed by atoms with Crippen LogP contribution in [0, 0.1) is 25.6 Å². The number of aromatic nitrogens is 2. The van der Waals surface area contributed by atoms with Gasteiger partial charge in [0.15, 0.2) is 0 Å². The number of aryl methyl sites for hydroxylation is 4. The highest BCUT2D eigenvalue weighted by atomic mass is 19.1. The molecule has 4 rings (SSSR count). The number of nitrogens with one attached hydrogen (secondary N) is 2. The number of benzene rings is 2. The standard InChI is InChI=1S/C30H41FN4O2/c1-19(2)26-24-12-11-23(31)18-22(24)13-14-30(26,37-29(36)32-5)15-17-35(6)16-7-8-25-33-27-20(3)9-10-21(4)28(27)34-25/h9-12,18-19,26H,7-8,13-17H2,1-6H3,(H,32,36)(H,33,34)/t26?,30-/m0/s1. The van der Waals surface area contributed by atoms with Crippen LogP contribution in [0.3, 0.4) is 0 Å². The number of hydrogen-bond donors (Lipinski definition) is 2. The van der Waals surface area contributed by atoms with Gasteiger partial charge in [0.2, 0.25) is 0 Å². The number of ether oxygens (including phenoxy) is 1. The predicted octanol–water partition coefficient (Wildman–Crippen LogP) is 6.05. The lowest BCUT2D eigenvalue weighted by atomic mass is 9.65. The number of rotatable bonds is 9. The van der Waals surface area contributed by atoms with Gasteiger partial charge in [-0.25, -0.2) is 14.2 Å². The Hall–Kier alpha value is -2.93. The lowest BCUT2D eigenvalue weighted by molar-refractivity contribution is -0.0435. The summed E-state index contributed by atoms with van der Waals surface area (Å²) in [6, 6.07) is 9.31. The fraction of sp³-hybridized carbons (Fsp3) is 0.533. The molecule has 0 saturated carbocycles. The van der Waals surface area contributed by atoms with Crippen LogP contribution in [0.2, 0.25) is 0 Å². The van der Waals surface area contributed by atoms with E-state index < -0.39 is 11.7 Å². The molecule has 200 valence electrons. The zero-order chi connectivity index (χ0) is 26.7. The van der Waals surface area contributed by atoms with Gasteiger partial charge in [-0.3, -0.25) is 0 Å². The number of fused-ring (bicyclic) bond motifs is 2. The molecular formula is C30H41FN4O2. The number of alkyl carbamates (subject to hydrolysis) is 1. The second-order valence-corrected chi connectivity index (χ2v) is 11.0. The molecule has 1 amide bonds. The molecule has 1 aliphatic carbocycles. The summed E-state index contributed by atoms with van der Waals surface area (Å²) in [4.78, 5) is 23.1. The van der Waals surface area contributed by atoms with E-state index in [-0.39, 0.29) is 17.7 Å². The van der Waals surface area contributed by atoms with Gasteiger partial charge >= 0.3 is 6.09 Å². The minimum atomic E-state index is -0.638. The molecule has 0 spiro atoms. The van der Waals surface area contributed by atoms with Crippen molar-refractivity contribution in [1.29, 1.82) is 0 Å². The third kappa shape index (κ3) is 5.82. The first-order valence-corrected chi connectivity index (χ1v) is 13.5. The van der Waals surface area contributed by atoms with E-state index in [2.05, 4.69) is 62.1 Å². The number of hydrogen-bond acceptors (Lipinski definition) is 4. The minimum Gasteiger partial charge on any atom is -0.442 e. The fourth-order valence-corrected chi connectivity index (χ4v) is 6.06. The van der Waals surface area contributed by atoms with Crippen LogP contribution in [0.4, 0.5) is 9.18 Å².